The molecule has 128 valence electrons. The Morgan fingerprint density at radius 3 is 2.33 bits per heavy atom. The van der Waals surface area contributed by atoms with Crippen LogP contribution in [-0.2, 0) is 16.0 Å². The second-order valence-corrected chi connectivity index (χ2v) is 7.54. The van der Waals surface area contributed by atoms with E-state index in [9.17, 15) is 20.0 Å². The van der Waals surface area contributed by atoms with Crippen molar-refractivity contribution < 1.29 is 14.7 Å². The van der Waals surface area contributed by atoms with Gasteiger partial charge >= 0.3 is 5.97 Å². The van der Waals surface area contributed by atoms with E-state index in [1.807, 2.05) is 27.7 Å². The van der Waals surface area contributed by atoms with Crippen LogP contribution in [0.4, 0.5) is 5.00 Å². The minimum absolute atomic E-state index is 0.311. The van der Waals surface area contributed by atoms with E-state index >= 15 is 0 Å². The predicted octanol–water partition coefficient (Wildman–Crippen LogP) is 3.88. The highest BCUT2D eigenvalue weighted by atomic mass is 32.1. The number of allylic oxidation sites excluding steroid dienone is 2. The van der Waals surface area contributed by atoms with Crippen LogP contribution in [0.15, 0.2) is 11.1 Å². The van der Waals surface area contributed by atoms with Crippen molar-refractivity contribution in [3.05, 3.63) is 27.2 Å². The van der Waals surface area contributed by atoms with Crippen LogP contribution in [0.2, 0.25) is 0 Å². The smallest absolute Gasteiger partial charge is 0.307 e. The summed E-state index contributed by atoms with van der Waals surface area (Å²) in [6.45, 7) is 7.76. The summed E-state index contributed by atoms with van der Waals surface area (Å²) in [5, 5.41) is 22.2. The van der Waals surface area contributed by atoms with Crippen molar-refractivity contribution >= 4 is 28.2 Å². The topological polar surface area (TPSA) is 90.2 Å². The van der Waals surface area contributed by atoms with Gasteiger partial charge in [0, 0.05) is 4.88 Å². The number of carboxylic acids is 1. The summed E-state index contributed by atoms with van der Waals surface area (Å²) in [5.41, 5.74) is 3.57. The van der Waals surface area contributed by atoms with Gasteiger partial charge < -0.3 is 10.4 Å². The lowest BCUT2D eigenvalue weighted by atomic mass is 9.76. The van der Waals surface area contributed by atoms with E-state index in [0.29, 0.717) is 23.4 Å². The van der Waals surface area contributed by atoms with Gasteiger partial charge in [-0.15, -0.1) is 11.3 Å². The first-order chi connectivity index (χ1) is 11.3. The number of carbonyl (C=O) groups excluding carboxylic acids is 1. The summed E-state index contributed by atoms with van der Waals surface area (Å²) in [7, 11) is 0. The first-order valence-electron chi connectivity index (χ1n) is 8.01. The van der Waals surface area contributed by atoms with Crippen LogP contribution in [0.1, 0.15) is 49.6 Å². The molecular formula is C18H22N2O3S. The molecule has 0 bridgehead atoms. The quantitative estimate of drug-likeness (QED) is 0.810. The van der Waals surface area contributed by atoms with Crippen molar-refractivity contribution in [2.24, 2.45) is 11.8 Å². The van der Waals surface area contributed by atoms with Crippen molar-refractivity contribution in [1.29, 1.82) is 5.26 Å². The Hall–Kier alpha value is -2.13. The average Bonchev–Trinajstić information content (AvgIpc) is 2.83. The molecule has 0 aromatic carbocycles. The zero-order valence-electron chi connectivity index (χ0n) is 14.4. The fourth-order valence-electron chi connectivity index (χ4n) is 3.24. The van der Waals surface area contributed by atoms with Gasteiger partial charge in [-0.3, -0.25) is 9.59 Å². The van der Waals surface area contributed by atoms with Gasteiger partial charge in [0.1, 0.15) is 11.1 Å². The average molecular weight is 346 g/mol. The number of anilines is 1. The molecule has 0 aliphatic heterocycles. The fraction of sp³-hybridized carbons (Fsp3) is 0.500. The molecule has 1 heterocycles. The lowest BCUT2D eigenvalue weighted by molar-refractivity contribution is -0.146. The molecule has 2 N–H and O–H groups in total. The van der Waals surface area contributed by atoms with Gasteiger partial charge in [0.25, 0.3) is 0 Å². The SMILES string of the molecule is CCc1c(C)sc(NC(=O)C2CC(C)=C(C)CC2C(=O)O)c1C#N. The summed E-state index contributed by atoms with van der Waals surface area (Å²) in [6, 6.07) is 2.16. The third-order valence-electron chi connectivity index (χ3n) is 4.83. The highest BCUT2D eigenvalue weighted by Crippen LogP contribution is 2.37. The molecule has 0 saturated heterocycles. The van der Waals surface area contributed by atoms with E-state index in [-0.39, 0.29) is 5.91 Å². The summed E-state index contributed by atoms with van der Waals surface area (Å²) in [4.78, 5) is 25.3. The van der Waals surface area contributed by atoms with E-state index in [1.165, 1.54) is 11.3 Å². The van der Waals surface area contributed by atoms with E-state index < -0.39 is 17.8 Å². The van der Waals surface area contributed by atoms with Gasteiger partial charge in [0.05, 0.1) is 17.4 Å². The number of hydrogen-bond donors (Lipinski definition) is 2. The van der Waals surface area contributed by atoms with Crippen LogP contribution in [-0.4, -0.2) is 17.0 Å². The minimum atomic E-state index is -0.945. The molecular weight excluding hydrogens is 324 g/mol. The zero-order chi connectivity index (χ0) is 18.0. The van der Waals surface area contributed by atoms with Crippen LogP contribution in [0.5, 0.6) is 0 Å². The Labute approximate surface area is 146 Å². The summed E-state index contributed by atoms with van der Waals surface area (Å²) in [6.07, 6.45) is 1.57. The molecule has 0 saturated carbocycles. The maximum absolute atomic E-state index is 12.7. The van der Waals surface area contributed by atoms with Crippen molar-refractivity contribution in [2.75, 3.05) is 5.32 Å². The highest BCUT2D eigenvalue weighted by Gasteiger charge is 2.37. The van der Waals surface area contributed by atoms with Crippen molar-refractivity contribution in [3.8, 4) is 6.07 Å². The van der Waals surface area contributed by atoms with Gasteiger partial charge in [0.15, 0.2) is 0 Å². The van der Waals surface area contributed by atoms with E-state index in [1.54, 1.807) is 0 Å². The summed E-state index contributed by atoms with van der Waals surface area (Å²) >= 11 is 1.38. The first kappa shape index (κ1) is 18.2. The Bertz CT molecular complexity index is 755. The monoisotopic (exact) mass is 346 g/mol. The molecule has 1 aliphatic carbocycles. The molecule has 24 heavy (non-hydrogen) atoms. The van der Waals surface area contributed by atoms with Gasteiger partial charge in [0.2, 0.25) is 5.91 Å². The number of aliphatic carboxylic acids is 1. The lowest BCUT2D eigenvalue weighted by Gasteiger charge is -2.29. The predicted molar refractivity (Wildman–Crippen MR) is 94.0 cm³/mol. The van der Waals surface area contributed by atoms with E-state index in [0.717, 1.165) is 28.0 Å². The zero-order valence-corrected chi connectivity index (χ0v) is 15.2. The second kappa shape index (κ2) is 7.18. The number of carboxylic acid groups (broad SMARTS) is 1. The standard InChI is InChI=1S/C18H22N2O3S/c1-5-12-11(4)24-17(15(12)8-19)20-16(21)13-6-9(2)10(3)7-14(13)18(22)23/h13-14H,5-7H2,1-4H3,(H,20,21)(H,22,23). The first-order valence-corrected chi connectivity index (χ1v) is 8.83. The summed E-state index contributed by atoms with van der Waals surface area (Å²) in [5.74, 6) is -2.58. The van der Waals surface area contributed by atoms with Crippen LogP contribution < -0.4 is 5.32 Å². The third kappa shape index (κ3) is 3.36. The lowest BCUT2D eigenvalue weighted by Crippen LogP contribution is -2.36. The Balaban J connectivity index is 2.29. The van der Waals surface area contributed by atoms with Gasteiger partial charge in [-0.05, 0) is 45.6 Å². The Kier molecular flexibility index (Phi) is 5.45. The number of amides is 1. The number of rotatable bonds is 4. The molecule has 1 amide bonds. The molecule has 5 nitrogen and oxygen atoms in total. The normalized spacial score (nSPS) is 20.6. The number of thiophene rings is 1. The number of nitriles is 1. The highest BCUT2D eigenvalue weighted by molar-refractivity contribution is 7.16. The van der Waals surface area contributed by atoms with Crippen molar-refractivity contribution in [3.63, 3.8) is 0 Å². The molecule has 2 unspecified atom stereocenters. The third-order valence-corrected chi connectivity index (χ3v) is 5.89. The maximum atomic E-state index is 12.7. The largest absolute Gasteiger partial charge is 0.481 e. The van der Waals surface area contributed by atoms with Crippen molar-refractivity contribution in [2.45, 2.75) is 47.0 Å². The number of nitrogens with one attached hydrogen (secondary N) is 1. The van der Waals surface area contributed by atoms with Crippen LogP contribution in [0.25, 0.3) is 0 Å². The van der Waals surface area contributed by atoms with Gasteiger partial charge in [-0.2, -0.15) is 5.26 Å². The molecule has 0 fully saturated rings. The molecule has 1 aliphatic rings. The molecule has 0 radical (unpaired) electrons. The van der Waals surface area contributed by atoms with E-state index in [2.05, 4.69) is 11.4 Å². The van der Waals surface area contributed by atoms with E-state index in [4.69, 9.17) is 0 Å². The van der Waals surface area contributed by atoms with Gasteiger partial charge in [-0.1, -0.05) is 18.1 Å². The minimum Gasteiger partial charge on any atom is -0.481 e. The molecule has 1 aromatic heterocycles. The van der Waals surface area contributed by atoms with Crippen LogP contribution in [0, 0.1) is 30.1 Å². The van der Waals surface area contributed by atoms with Crippen LogP contribution >= 0.6 is 11.3 Å². The number of hydrogen-bond acceptors (Lipinski definition) is 4. The molecule has 0 spiro atoms. The molecule has 1 aromatic rings. The number of aryl methyl sites for hydroxylation is 1. The molecule has 6 heteroatoms. The molecule has 2 atom stereocenters. The number of carbonyl (C=O) groups is 2. The maximum Gasteiger partial charge on any atom is 0.307 e. The van der Waals surface area contributed by atoms with Crippen LogP contribution in [0.3, 0.4) is 0 Å². The van der Waals surface area contributed by atoms with Gasteiger partial charge in [-0.25, -0.2) is 0 Å². The fourth-order valence-corrected chi connectivity index (χ4v) is 4.34. The second-order valence-electron chi connectivity index (χ2n) is 6.32. The summed E-state index contributed by atoms with van der Waals surface area (Å²) < 4.78 is 0. The Morgan fingerprint density at radius 1 is 1.25 bits per heavy atom. The molecule has 2 rings (SSSR count). The van der Waals surface area contributed by atoms with Crippen molar-refractivity contribution in [1.82, 2.24) is 0 Å². The Morgan fingerprint density at radius 2 is 1.83 bits per heavy atom. The number of nitrogens with zero attached hydrogens (tertiary/aromatic N) is 1.